The van der Waals surface area contributed by atoms with Crippen LogP contribution in [0.1, 0.15) is 51.5 Å². The lowest BCUT2D eigenvalue weighted by Gasteiger charge is -2.15. The van der Waals surface area contributed by atoms with Crippen LogP contribution in [0.4, 0.5) is 0 Å². The van der Waals surface area contributed by atoms with Crippen molar-refractivity contribution in [1.82, 2.24) is 24.7 Å². The number of ether oxygens (including phenoxy) is 1. The van der Waals surface area contributed by atoms with E-state index in [1.54, 1.807) is 33.2 Å². The third-order valence-electron chi connectivity index (χ3n) is 5.72. The van der Waals surface area contributed by atoms with Crippen LogP contribution in [-0.2, 0) is 4.74 Å². The first-order valence-electron chi connectivity index (χ1n) is 11.3. The number of hydrogen-bond acceptors (Lipinski definition) is 7. The zero-order chi connectivity index (χ0) is 25.1. The summed E-state index contributed by atoms with van der Waals surface area (Å²) in [5, 5.41) is 8.97. The molecule has 9 heteroatoms. The molecule has 0 aliphatic rings. The summed E-state index contributed by atoms with van der Waals surface area (Å²) < 4.78 is 7.11. The zero-order valence-electron chi connectivity index (χ0n) is 20.3. The van der Waals surface area contributed by atoms with Crippen molar-refractivity contribution in [3.63, 3.8) is 0 Å². The number of H-pyrrole nitrogens is 1. The van der Waals surface area contributed by atoms with Crippen molar-refractivity contribution in [1.29, 1.82) is 0 Å². The molecule has 4 rings (SSSR count). The maximum Gasteiger partial charge on any atom is 0.340 e. The normalized spacial score (nSPS) is 11.9. The van der Waals surface area contributed by atoms with E-state index in [1.807, 2.05) is 54.8 Å². The standard InChI is InChI=1S/C26H27N5O3S/c1-6-34-25(33)21-16(3)22(28-17(21)4)23(32)18(5)35-26-30-29-24(19-11-9-13-27-14-19)31(26)20-12-8-7-10-15(20)2/h7-14,18,28H,6H2,1-5H3. The molecule has 0 fully saturated rings. The molecule has 0 aliphatic carbocycles. The van der Waals surface area contributed by atoms with Crippen LogP contribution in [0.2, 0.25) is 0 Å². The second-order valence-electron chi connectivity index (χ2n) is 8.14. The lowest BCUT2D eigenvalue weighted by atomic mass is 10.1. The first-order valence-corrected chi connectivity index (χ1v) is 12.2. The highest BCUT2D eigenvalue weighted by Gasteiger charge is 2.28. The SMILES string of the molecule is CCOC(=O)c1c(C)[nH]c(C(=O)C(C)Sc2nnc(-c3cccnc3)n2-c2ccccc2C)c1C. The Morgan fingerprint density at radius 2 is 1.89 bits per heavy atom. The summed E-state index contributed by atoms with van der Waals surface area (Å²) in [5.41, 5.74) is 4.82. The molecule has 8 nitrogen and oxygen atoms in total. The fraction of sp³-hybridized carbons (Fsp3) is 0.269. The number of nitrogens with zero attached hydrogens (tertiary/aromatic N) is 4. The average molecular weight is 490 g/mol. The number of carbonyl (C=O) groups is 2. The van der Waals surface area contributed by atoms with Gasteiger partial charge in [-0.2, -0.15) is 0 Å². The molecule has 0 spiro atoms. The molecule has 3 aromatic heterocycles. The van der Waals surface area contributed by atoms with E-state index in [-0.39, 0.29) is 12.4 Å². The fourth-order valence-electron chi connectivity index (χ4n) is 3.98. The molecule has 1 atom stereocenters. The van der Waals surface area contributed by atoms with E-state index in [2.05, 4.69) is 20.2 Å². The number of esters is 1. The molecule has 0 radical (unpaired) electrons. The molecule has 0 amide bonds. The van der Waals surface area contributed by atoms with Gasteiger partial charge in [0.05, 0.1) is 28.8 Å². The van der Waals surface area contributed by atoms with E-state index < -0.39 is 11.2 Å². The molecule has 0 saturated carbocycles. The lowest BCUT2D eigenvalue weighted by molar-refractivity contribution is 0.0525. The van der Waals surface area contributed by atoms with E-state index in [4.69, 9.17) is 4.74 Å². The van der Waals surface area contributed by atoms with E-state index in [0.29, 0.717) is 33.5 Å². The maximum atomic E-state index is 13.4. The molecule has 1 unspecified atom stereocenters. The second kappa shape index (κ2) is 10.3. The summed E-state index contributed by atoms with van der Waals surface area (Å²) in [7, 11) is 0. The number of pyridine rings is 1. The van der Waals surface area contributed by atoms with E-state index in [9.17, 15) is 9.59 Å². The average Bonchev–Trinajstić information content (AvgIpc) is 3.39. The van der Waals surface area contributed by atoms with Gasteiger partial charge in [-0.1, -0.05) is 30.0 Å². The zero-order valence-corrected chi connectivity index (χ0v) is 21.1. The van der Waals surface area contributed by atoms with E-state index in [0.717, 1.165) is 16.8 Å². The van der Waals surface area contributed by atoms with Crippen LogP contribution in [-0.4, -0.2) is 48.3 Å². The quantitative estimate of drug-likeness (QED) is 0.208. The number of aryl methyl sites for hydroxylation is 2. The summed E-state index contributed by atoms with van der Waals surface area (Å²) in [6.45, 7) is 9.40. The predicted molar refractivity (Wildman–Crippen MR) is 135 cm³/mol. The Bertz CT molecular complexity index is 1380. The number of ketones is 1. The molecular weight excluding hydrogens is 462 g/mol. The molecular formula is C26H27N5O3S. The van der Waals surface area contributed by atoms with Crippen molar-refractivity contribution >= 4 is 23.5 Å². The molecule has 0 bridgehead atoms. The summed E-state index contributed by atoms with van der Waals surface area (Å²) in [6, 6.07) is 11.7. The third kappa shape index (κ3) is 4.77. The molecule has 0 aliphatic heterocycles. The minimum absolute atomic E-state index is 0.131. The summed E-state index contributed by atoms with van der Waals surface area (Å²) in [4.78, 5) is 33.1. The van der Waals surface area contributed by atoms with Crippen LogP contribution in [0, 0.1) is 20.8 Å². The number of rotatable bonds is 8. The van der Waals surface area contributed by atoms with Crippen molar-refractivity contribution in [2.45, 2.75) is 45.0 Å². The number of nitrogens with one attached hydrogen (secondary N) is 1. The van der Waals surface area contributed by atoms with Gasteiger partial charge in [-0.25, -0.2) is 4.79 Å². The van der Waals surface area contributed by atoms with Crippen molar-refractivity contribution in [3.05, 3.63) is 76.9 Å². The van der Waals surface area contributed by atoms with Gasteiger partial charge in [0.25, 0.3) is 0 Å². The number of thioether (sulfide) groups is 1. The van der Waals surface area contributed by atoms with Gasteiger partial charge in [0.1, 0.15) is 0 Å². The Morgan fingerprint density at radius 1 is 1.11 bits per heavy atom. The molecule has 3 heterocycles. The third-order valence-corrected chi connectivity index (χ3v) is 6.77. The van der Waals surface area contributed by atoms with Crippen LogP contribution in [0.5, 0.6) is 0 Å². The largest absolute Gasteiger partial charge is 0.462 e. The highest BCUT2D eigenvalue weighted by Crippen LogP contribution is 2.33. The first kappa shape index (κ1) is 24.4. The van der Waals surface area contributed by atoms with Gasteiger partial charge in [-0.3, -0.25) is 14.3 Å². The molecule has 1 N–H and O–H groups in total. The highest BCUT2D eigenvalue weighted by atomic mass is 32.2. The maximum absolute atomic E-state index is 13.4. The summed E-state index contributed by atoms with van der Waals surface area (Å²) >= 11 is 1.32. The Kier molecular flexibility index (Phi) is 7.16. The monoisotopic (exact) mass is 489 g/mol. The Labute approximate surface area is 208 Å². The Balaban J connectivity index is 1.70. The lowest BCUT2D eigenvalue weighted by Crippen LogP contribution is -2.16. The van der Waals surface area contributed by atoms with E-state index in [1.165, 1.54) is 11.8 Å². The molecule has 35 heavy (non-hydrogen) atoms. The van der Waals surface area contributed by atoms with Gasteiger partial charge in [-0.05, 0) is 63.9 Å². The van der Waals surface area contributed by atoms with Crippen molar-refractivity contribution < 1.29 is 14.3 Å². The van der Waals surface area contributed by atoms with Crippen LogP contribution in [0.3, 0.4) is 0 Å². The van der Waals surface area contributed by atoms with Gasteiger partial charge < -0.3 is 9.72 Å². The molecule has 4 aromatic rings. The number of hydrogen-bond donors (Lipinski definition) is 1. The molecule has 1 aromatic carbocycles. The predicted octanol–water partition coefficient (Wildman–Crippen LogP) is 5.12. The molecule has 180 valence electrons. The second-order valence-corrected chi connectivity index (χ2v) is 9.45. The van der Waals surface area contributed by atoms with Gasteiger partial charge >= 0.3 is 5.97 Å². The van der Waals surface area contributed by atoms with Crippen LogP contribution in [0.25, 0.3) is 17.1 Å². The molecule has 0 saturated heterocycles. The van der Waals surface area contributed by atoms with Crippen LogP contribution < -0.4 is 0 Å². The Hall–Kier alpha value is -3.72. The van der Waals surface area contributed by atoms with Gasteiger partial charge in [0.2, 0.25) is 0 Å². The van der Waals surface area contributed by atoms with Gasteiger partial charge in [0.15, 0.2) is 16.8 Å². The van der Waals surface area contributed by atoms with Crippen molar-refractivity contribution in [2.24, 2.45) is 0 Å². The first-order chi connectivity index (χ1) is 16.8. The Morgan fingerprint density at radius 3 is 2.57 bits per heavy atom. The smallest absolute Gasteiger partial charge is 0.340 e. The summed E-state index contributed by atoms with van der Waals surface area (Å²) in [6.07, 6.45) is 3.45. The van der Waals surface area contributed by atoms with Crippen molar-refractivity contribution in [2.75, 3.05) is 6.61 Å². The summed E-state index contributed by atoms with van der Waals surface area (Å²) in [5.74, 6) is 0.0815. The van der Waals surface area contributed by atoms with E-state index >= 15 is 0 Å². The number of carbonyl (C=O) groups excluding carboxylic acids is 2. The topological polar surface area (TPSA) is 103 Å². The minimum Gasteiger partial charge on any atom is -0.462 e. The number of benzene rings is 1. The number of aromatic nitrogens is 5. The van der Waals surface area contributed by atoms with Gasteiger partial charge in [-0.15, -0.1) is 10.2 Å². The van der Waals surface area contributed by atoms with Crippen molar-refractivity contribution in [3.8, 4) is 17.1 Å². The number of Topliss-reactive ketones (excluding diaryl/α,β-unsaturated/α-hetero) is 1. The minimum atomic E-state index is -0.490. The number of para-hydroxylation sites is 1. The highest BCUT2D eigenvalue weighted by molar-refractivity contribution is 8.00. The fourth-order valence-corrected chi connectivity index (χ4v) is 4.90. The van der Waals surface area contributed by atoms with Crippen LogP contribution >= 0.6 is 11.8 Å². The van der Waals surface area contributed by atoms with Gasteiger partial charge in [0, 0.05) is 23.7 Å². The van der Waals surface area contributed by atoms with Crippen LogP contribution in [0.15, 0.2) is 53.9 Å². The number of aromatic amines is 1.